The molecule has 0 aliphatic rings. The van der Waals surface area contributed by atoms with Crippen LogP contribution in [0.1, 0.15) is 31.9 Å². The number of hydrogen-bond acceptors (Lipinski definition) is 4. The number of hydrogen-bond donors (Lipinski definition) is 2. The van der Waals surface area contributed by atoms with Gasteiger partial charge in [0.05, 0.1) is 7.11 Å². The summed E-state index contributed by atoms with van der Waals surface area (Å²) in [5.41, 5.74) is 1.03. The predicted octanol–water partition coefficient (Wildman–Crippen LogP) is 3.18. The largest absolute Gasteiger partial charge is 0.504 e. The molecule has 0 fully saturated rings. The molecule has 20 heavy (non-hydrogen) atoms. The van der Waals surface area contributed by atoms with Crippen molar-refractivity contribution < 1.29 is 9.84 Å². The van der Waals surface area contributed by atoms with Crippen molar-refractivity contribution in [2.75, 3.05) is 12.4 Å². The van der Waals surface area contributed by atoms with Crippen LogP contribution in [0.3, 0.4) is 0 Å². The molecule has 0 spiro atoms. The summed E-state index contributed by atoms with van der Waals surface area (Å²) in [5, 5.41) is 17.3. The van der Waals surface area contributed by atoms with Crippen LogP contribution in [-0.4, -0.2) is 22.0 Å². The molecule has 1 aromatic carbocycles. The van der Waals surface area contributed by atoms with Gasteiger partial charge in [0.15, 0.2) is 11.5 Å². The summed E-state index contributed by atoms with van der Waals surface area (Å²) in [6.07, 6.45) is 3.03. The number of methoxy groups -OCH3 is 1. The third-order valence-electron chi connectivity index (χ3n) is 3.37. The SMILES string of the molecule is CC[C@@H](C)n1ccc(NCc2ccc(O)c(OC)c2)n1. The van der Waals surface area contributed by atoms with Gasteiger partial charge in [0.2, 0.25) is 0 Å². The van der Waals surface area contributed by atoms with E-state index < -0.39 is 0 Å². The second-order valence-electron chi connectivity index (χ2n) is 4.80. The second kappa shape index (κ2) is 6.32. The second-order valence-corrected chi connectivity index (χ2v) is 4.80. The predicted molar refractivity (Wildman–Crippen MR) is 79.2 cm³/mol. The zero-order valence-electron chi connectivity index (χ0n) is 12.1. The Bertz CT molecular complexity index is 566. The van der Waals surface area contributed by atoms with Crippen LogP contribution in [0.15, 0.2) is 30.5 Å². The van der Waals surface area contributed by atoms with Crippen LogP contribution < -0.4 is 10.1 Å². The smallest absolute Gasteiger partial charge is 0.160 e. The average Bonchev–Trinajstić information content (AvgIpc) is 2.94. The molecule has 0 bridgehead atoms. The third kappa shape index (κ3) is 3.23. The van der Waals surface area contributed by atoms with Crippen LogP contribution in [0, 0.1) is 0 Å². The van der Waals surface area contributed by atoms with Gasteiger partial charge in [-0.2, -0.15) is 5.10 Å². The van der Waals surface area contributed by atoms with Crippen LogP contribution in [0.4, 0.5) is 5.82 Å². The number of anilines is 1. The molecule has 0 aliphatic heterocycles. The first kappa shape index (κ1) is 14.2. The van der Waals surface area contributed by atoms with E-state index in [0.717, 1.165) is 17.8 Å². The van der Waals surface area contributed by atoms with Gasteiger partial charge in [-0.15, -0.1) is 0 Å². The fourth-order valence-electron chi connectivity index (χ4n) is 1.89. The van der Waals surface area contributed by atoms with E-state index in [4.69, 9.17) is 4.74 Å². The number of ether oxygens (including phenoxy) is 1. The number of benzene rings is 1. The van der Waals surface area contributed by atoms with E-state index in [1.54, 1.807) is 13.2 Å². The molecule has 0 saturated carbocycles. The Balaban J connectivity index is 2.00. The van der Waals surface area contributed by atoms with Crippen molar-refractivity contribution in [2.24, 2.45) is 0 Å². The fraction of sp³-hybridized carbons (Fsp3) is 0.400. The highest BCUT2D eigenvalue weighted by atomic mass is 16.5. The minimum Gasteiger partial charge on any atom is -0.504 e. The zero-order valence-corrected chi connectivity index (χ0v) is 12.1. The van der Waals surface area contributed by atoms with Crippen LogP contribution in [0.2, 0.25) is 0 Å². The van der Waals surface area contributed by atoms with Crippen molar-refractivity contribution in [3.8, 4) is 11.5 Å². The van der Waals surface area contributed by atoms with Gasteiger partial charge in [-0.1, -0.05) is 13.0 Å². The van der Waals surface area contributed by atoms with Crippen molar-refractivity contribution in [3.63, 3.8) is 0 Å². The molecule has 0 aliphatic carbocycles. The normalized spacial score (nSPS) is 12.2. The molecular weight excluding hydrogens is 254 g/mol. The molecule has 2 rings (SSSR count). The Labute approximate surface area is 119 Å². The van der Waals surface area contributed by atoms with Crippen molar-refractivity contribution >= 4 is 5.82 Å². The van der Waals surface area contributed by atoms with Gasteiger partial charge >= 0.3 is 0 Å². The fourth-order valence-corrected chi connectivity index (χ4v) is 1.89. The van der Waals surface area contributed by atoms with E-state index in [9.17, 15) is 5.11 Å². The highest BCUT2D eigenvalue weighted by Gasteiger charge is 2.06. The molecule has 108 valence electrons. The molecule has 2 aromatic rings. The van der Waals surface area contributed by atoms with E-state index in [0.29, 0.717) is 18.3 Å². The van der Waals surface area contributed by atoms with Gasteiger partial charge in [-0.05, 0) is 31.0 Å². The van der Waals surface area contributed by atoms with E-state index in [2.05, 4.69) is 24.3 Å². The third-order valence-corrected chi connectivity index (χ3v) is 3.37. The minimum absolute atomic E-state index is 0.150. The molecule has 0 amide bonds. The summed E-state index contributed by atoms with van der Waals surface area (Å²) >= 11 is 0. The number of aromatic nitrogens is 2. The van der Waals surface area contributed by atoms with Gasteiger partial charge < -0.3 is 15.2 Å². The molecule has 0 unspecified atom stereocenters. The maximum atomic E-state index is 9.55. The van der Waals surface area contributed by atoms with Gasteiger partial charge in [0.1, 0.15) is 5.82 Å². The summed E-state index contributed by atoms with van der Waals surface area (Å²) < 4.78 is 7.05. The molecule has 1 heterocycles. The van der Waals surface area contributed by atoms with Crippen LogP contribution in [0.5, 0.6) is 11.5 Å². The summed E-state index contributed by atoms with van der Waals surface area (Å²) in [6.45, 7) is 4.91. The topological polar surface area (TPSA) is 59.3 Å². The van der Waals surface area contributed by atoms with Crippen LogP contribution >= 0.6 is 0 Å². The number of nitrogens with one attached hydrogen (secondary N) is 1. The van der Waals surface area contributed by atoms with E-state index in [-0.39, 0.29) is 5.75 Å². The van der Waals surface area contributed by atoms with Crippen LogP contribution in [0.25, 0.3) is 0 Å². The highest BCUT2D eigenvalue weighted by molar-refractivity contribution is 5.43. The van der Waals surface area contributed by atoms with E-state index in [1.807, 2.05) is 29.1 Å². The Morgan fingerprint density at radius 3 is 2.90 bits per heavy atom. The number of aromatic hydroxyl groups is 1. The molecule has 5 heteroatoms. The van der Waals surface area contributed by atoms with Gasteiger partial charge in [-0.3, -0.25) is 4.68 Å². The summed E-state index contributed by atoms with van der Waals surface area (Å²) in [4.78, 5) is 0. The van der Waals surface area contributed by atoms with Crippen molar-refractivity contribution in [2.45, 2.75) is 32.9 Å². The lowest BCUT2D eigenvalue weighted by atomic mass is 10.2. The first-order valence-corrected chi connectivity index (χ1v) is 6.79. The Morgan fingerprint density at radius 2 is 2.20 bits per heavy atom. The quantitative estimate of drug-likeness (QED) is 0.850. The number of nitrogens with zero attached hydrogens (tertiary/aromatic N) is 2. The number of phenols is 1. The zero-order chi connectivity index (χ0) is 14.5. The first-order chi connectivity index (χ1) is 9.63. The van der Waals surface area contributed by atoms with Gasteiger partial charge in [0.25, 0.3) is 0 Å². The standard InChI is InChI=1S/C15H21N3O2/c1-4-11(2)18-8-7-15(17-18)16-10-12-5-6-13(19)14(9-12)20-3/h5-9,11,19H,4,10H2,1-3H3,(H,16,17)/t11-/m1/s1. The Hall–Kier alpha value is -2.17. The maximum Gasteiger partial charge on any atom is 0.160 e. The number of rotatable bonds is 6. The minimum atomic E-state index is 0.150. The highest BCUT2D eigenvalue weighted by Crippen LogP contribution is 2.26. The van der Waals surface area contributed by atoms with Gasteiger partial charge in [-0.25, -0.2) is 0 Å². The Kier molecular flexibility index (Phi) is 4.50. The maximum absolute atomic E-state index is 9.55. The van der Waals surface area contributed by atoms with Crippen molar-refractivity contribution in [3.05, 3.63) is 36.0 Å². The summed E-state index contributed by atoms with van der Waals surface area (Å²) in [5.74, 6) is 1.48. The first-order valence-electron chi connectivity index (χ1n) is 6.79. The van der Waals surface area contributed by atoms with Crippen molar-refractivity contribution in [1.29, 1.82) is 0 Å². The lowest BCUT2D eigenvalue weighted by Gasteiger charge is -2.09. The molecule has 0 saturated heterocycles. The molecule has 5 nitrogen and oxygen atoms in total. The Morgan fingerprint density at radius 1 is 1.40 bits per heavy atom. The monoisotopic (exact) mass is 275 g/mol. The molecular formula is C15H21N3O2. The van der Waals surface area contributed by atoms with E-state index >= 15 is 0 Å². The average molecular weight is 275 g/mol. The van der Waals surface area contributed by atoms with Crippen LogP contribution in [-0.2, 0) is 6.54 Å². The van der Waals surface area contributed by atoms with Crippen molar-refractivity contribution in [1.82, 2.24) is 9.78 Å². The summed E-state index contributed by atoms with van der Waals surface area (Å²) in [7, 11) is 1.54. The van der Waals surface area contributed by atoms with E-state index in [1.165, 1.54) is 0 Å². The molecule has 2 N–H and O–H groups in total. The van der Waals surface area contributed by atoms with Gasteiger partial charge in [0, 0.05) is 24.8 Å². The summed E-state index contributed by atoms with van der Waals surface area (Å²) in [6, 6.07) is 7.67. The number of phenolic OH excluding ortho intramolecular Hbond substituents is 1. The lowest BCUT2D eigenvalue weighted by Crippen LogP contribution is -2.06. The molecule has 0 radical (unpaired) electrons. The molecule has 1 aromatic heterocycles. The lowest BCUT2D eigenvalue weighted by molar-refractivity contribution is 0.373. The molecule has 1 atom stereocenters.